The molecule has 4 fully saturated rings. The van der Waals surface area contributed by atoms with Gasteiger partial charge in [0.15, 0.2) is 0 Å². The average molecular weight is 312 g/mol. The smallest absolute Gasteiger partial charge is 0.00888 e. The minimum Gasteiger partial charge on any atom is -0.104 e. The summed E-state index contributed by atoms with van der Waals surface area (Å²) in [7, 11) is 0.503. The fraction of sp³-hybridized carbons (Fsp3) is 1.00. The average Bonchev–Trinajstić information content (AvgIpc) is 2.32. The van der Waals surface area contributed by atoms with Crippen LogP contribution in [0.25, 0.3) is 0 Å². The first-order chi connectivity index (χ1) is 9.28. The largest absolute Gasteiger partial charge is 0.104 e. The van der Waals surface area contributed by atoms with Crippen molar-refractivity contribution in [3.63, 3.8) is 0 Å². The van der Waals surface area contributed by atoms with Gasteiger partial charge in [0.05, 0.1) is 0 Å². The van der Waals surface area contributed by atoms with Gasteiger partial charge in [0.2, 0.25) is 0 Å². The highest BCUT2D eigenvalue weighted by Crippen LogP contribution is 2.68. The first-order valence-corrected chi connectivity index (χ1v) is 12.7. The van der Waals surface area contributed by atoms with Crippen molar-refractivity contribution in [1.82, 2.24) is 0 Å². The first kappa shape index (κ1) is 15.7. The molecule has 2 heteroatoms. The maximum Gasteiger partial charge on any atom is -0.00888 e. The molecule has 0 amide bonds. The predicted molar refractivity (Wildman–Crippen MR) is 96.1 cm³/mol. The van der Waals surface area contributed by atoms with E-state index in [2.05, 4.69) is 34.1 Å². The minimum absolute atomic E-state index is 0.221. The van der Waals surface area contributed by atoms with Gasteiger partial charge in [-0.15, -0.1) is 15.8 Å². The molecule has 4 aliphatic rings. The van der Waals surface area contributed by atoms with Crippen LogP contribution in [-0.2, 0) is 0 Å². The maximum absolute atomic E-state index is 2.67. The molecule has 0 spiro atoms. The molecular formula is C18H34P2. The Morgan fingerprint density at radius 1 is 0.850 bits per heavy atom. The topological polar surface area (TPSA) is 0 Å². The summed E-state index contributed by atoms with van der Waals surface area (Å²) in [4.78, 5) is 0. The summed E-state index contributed by atoms with van der Waals surface area (Å²) in [5, 5.41) is 1.41. The molecule has 0 N–H and O–H groups in total. The van der Waals surface area contributed by atoms with Crippen LogP contribution in [-0.4, -0.2) is 36.0 Å². The third-order valence-corrected chi connectivity index (χ3v) is 13.3. The monoisotopic (exact) mass is 312 g/mol. The number of hydrogen-bond acceptors (Lipinski definition) is 0. The highest BCUT2D eigenvalue weighted by atomic mass is 31.1. The summed E-state index contributed by atoms with van der Waals surface area (Å²) in [5.41, 5.74) is 0. The van der Waals surface area contributed by atoms with Gasteiger partial charge in [-0.1, -0.05) is 20.8 Å². The summed E-state index contributed by atoms with van der Waals surface area (Å²) < 4.78 is 0. The van der Waals surface area contributed by atoms with E-state index in [1.807, 2.05) is 0 Å². The van der Waals surface area contributed by atoms with Gasteiger partial charge in [-0.2, -0.15) is 0 Å². The van der Waals surface area contributed by atoms with E-state index in [1.165, 1.54) is 6.16 Å². The molecule has 4 rings (SSSR count). The van der Waals surface area contributed by atoms with Gasteiger partial charge in [0, 0.05) is 0 Å². The second-order valence-electron chi connectivity index (χ2n) is 9.16. The lowest BCUT2D eigenvalue weighted by atomic mass is 9.56. The molecule has 0 aromatic carbocycles. The highest BCUT2D eigenvalue weighted by molar-refractivity contribution is 7.62. The molecule has 0 aliphatic heterocycles. The zero-order valence-corrected chi connectivity index (χ0v) is 16.1. The van der Waals surface area contributed by atoms with E-state index < -0.39 is 0 Å². The molecule has 0 saturated heterocycles. The molecule has 0 nitrogen and oxygen atoms in total. The molecule has 0 unspecified atom stereocenters. The Morgan fingerprint density at radius 3 is 1.70 bits per heavy atom. The zero-order chi connectivity index (χ0) is 14.5. The summed E-state index contributed by atoms with van der Waals surface area (Å²) >= 11 is 0. The predicted octanol–water partition coefficient (Wildman–Crippen LogP) is 5.98. The normalized spacial score (nSPS) is 42.8. The van der Waals surface area contributed by atoms with Crippen LogP contribution in [0.4, 0.5) is 0 Å². The van der Waals surface area contributed by atoms with Crippen molar-refractivity contribution in [3.8, 4) is 0 Å². The van der Waals surface area contributed by atoms with Crippen molar-refractivity contribution in [1.29, 1.82) is 0 Å². The van der Waals surface area contributed by atoms with Crippen LogP contribution >= 0.6 is 15.8 Å². The molecule has 0 radical (unpaired) electrons. The third kappa shape index (κ3) is 2.99. The van der Waals surface area contributed by atoms with Crippen LogP contribution in [0.15, 0.2) is 0 Å². The fourth-order valence-corrected chi connectivity index (χ4v) is 10.7. The van der Waals surface area contributed by atoms with Crippen LogP contribution < -0.4 is 0 Å². The van der Waals surface area contributed by atoms with E-state index in [4.69, 9.17) is 0 Å². The van der Waals surface area contributed by atoms with Gasteiger partial charge in [-0.05, 0) is 92.2 Å². The Hall–Kier alpha value is 0.860. The Morgan fingerprint density at radius 2 is 1.30 bits per heavy atom. The van der Waals surface area contributed by atoms with Crippen molar-refractivity contribution in [3.05, 3.63) is 0 Å². The van der Waals surface area contributed by atoms with Crippen LogP contribution in [0.1, 0.15) is 59.3 Å². The molecular weight excluding hydrogens is 278 g/mol. The molecule has 0 aromatic rings. The first-order valence-electron chi connectivity index (χ1n) is 8.71. The third-order valence-electron chi connectivity index (χ3n) is 6.73. The lowest BCUT2D eigenvalue weighted by Crippen LogP contribution is -2.49. The van der Waals surface area contributed by atoms with Crippen molar-refractivity contribution in [2.45, 2.75) is 69.6 Å². The Kier molecular flexibility index (Phi) is 4.32. The van der Waals surface area contributed by atoms with E-state index in [9.17, 15) is 0 Å². The Balaban J connectivity index is 1.61. The summed E-state index contributed by atoms with van der Waals surface area (Å²) in [6.45, 7) is 12.6. The van der Waals surface area contributed by atoms with Gasteiger partial charge < -0.3 is 0 Å². The lowest BCUT2D eigenvalue weighted by Gasteiger charge is -2.59. The van der Waals surface area contributed by atoms with E-state index in [0.29, 0.717) is 5.16 Å². The van der Waals surface area contributed by atoms with Crippen molar-refractivity contribution in [2.75, 3.05) is 25.7 Å². The van der Waals surface area contributed by atoms with E-state index >= 15 is 0 Å². The number of rotatable bonds is 4. The second-order valence-corrected chi connectivity index (χ2v) is 15.1. The standard InChI is InChI=1S/C18H34P2/c1-17(2,3)19(4)6-7-20(5)18-11-14-8-15(12-18)10-16(9-14)13-18/h14-16H,6-13H2,1-5H3/t14?,15?,16?,18?,19-,20-/m0/s1. The van der Waals surface area contributed by atoms with Crippen molar-refractivity contribution >= 4 is 15.8 Å². The zero-order valence-electron chi connectivity index (χ0n) is 14.3. The molecule has 2 atom stereocenters. The second kappa shape index (κ2) is 5.49. The van der Waals surface area contributed by atoms with Gasteiger partial charge in [0.25, 0.3) is 0 Å². The number of hydrogen-bond donors (Lipinski definition) is 0. The molecule has 116 valence electrons. The molecule has 0 aromatic heterocycles. The lowest BCUT2D eigenvalue weighted by molar-refractivity contribution is 0.0357. The SMILES string of the molecule is C[P@@](CC[P@](C)C12CC3CC(CC(C3)C1)C2)C(C)(C)C. The summed E-state index contributed by atoms with van der Waals surface area (Å²) in [6, 6.07) is 0. The highest BCUT2D eigenvalue weighted by Gasteiger charge is 2.52. The molecule has 4 bridgehead atoms. The summed E-state index contributed by atoms with van der Waals surface area (Å²) in [6.07, 6.45) is 12.8. The van der Waals surface area contributed by atoms with Crippen molar-refractivity contribution in [2.24, 2.45) is 17.8 Å². The molecule has 4 aliphatic carbocycles. The van der Waals surface area contributed by atoms with Crippen LogP contribution in [0.3, 0.4) is 0 Å². The van der Waals surface area contributed by atoms with Gasteiger partial charge in [-0.3, -0.25) is 0 Å². The van der Waals surface area contributed by atoms with Gasteiger partial charge in [0.1, 0.15) is 0 Å². The quantitative estimate of drug-likeness (QED) is 0.560. The maximum atomic E-state index is 2.67. The van der Waals surface area contributed by atoms with Crippen molar-refractivity contribution < 1.29 is 0 Å². The molecule has 20 heavy (non-hydrogen) atoms. The summed E-state index contributed by atoms with van der Waals surface area (Å²) in [5.74, 6) is 3.41. The Bertz CT molecular complexity index is 320. The van der Waals surface area contributed by atoms with Gasteiger partial charge >= 0.3 is 0 Å². The van der Waals surface area contributed by atoms with E-state index in [-0.39, 0.29) is 15.8 Å². The van der Waals surface area contributed by atoms with Gasteiger partial charge in [-0.25, -0.2) is 0 Å². The molecule has 0 heterocycles. The molecule has 4 saturated carbocycles. The van der Waals surface area contributed by atoms with E-state index in [1.54, 1.807) is 44.7 Å². The fourth-order valence-electron chi connectivity index (χ4n) is 5.41. The minimum atomic E-state index is 0.221. The van der Waals surface area contributed by atoms with Crippen LogP contribution in [0, 0.1) is 17.8 Å². The van der Waals surface area contributed by atoms with Crippen LogP contribution in [0.5, 0.6) is 0 Å². The Labute approximate surface area is 129 Å². The van der Waals surface area contributed by atoms with Crippen LogP contribution in [0.2, 0.25) is 0 Å². The van der Waals surface area contributed by atoms with E-state index in [0.717, 1.165) is 22.9 Å².